The third kappa shape index (κ3) is 4.93. The molecule has 0 saturated heterocycles. The molecule has 0 aromatic heterocycles. The second-order valence-electron chi connectivity index (χ2n) is 4.35. The summed E-state index contributed by atoms with van der Waals surface area (Å²) in [6.45, 7) is 3.98. The zero-order valence-electron chi connectivity index (χ0n) is 10.5. The van der Waals surface area contributed by atoms with Crippen molar-refractivity contribution in [3.63, 3.8) is 0 Å². The average Bonchev–Trinajstić information content (AvgIpc) is 2.29. The maximum Gasteiger partial charge on any atom is 0.119 e. The number of hydrogen-bond donors (Lipinski definition) is 1. The van der Waals surface area contributed by atoms with E-state index in [1.807, 2.05) is 38.1 Å². The predicted octanol–water partition coefficient (Wildman–Crippen LogP) is 3.31. The molecule has 0 radical (unpaired) electrons. The summed E-state index contributed by atoms with van der Waals surface area (Å²) in [5, 5.41) is 9.91. The lowest BCUT2D eigenvalue weighted by atomic mass is 10.0. The zero-order chi connectivity index (χ0) is 12.7. The lowest BCUT2D eigenvalue weighted by molar-refractivity contribution is 0.165. The highest BCUT2D eigenvalue weighted by Crippen LogP contribution is 2.22. The first-order valence-electron chi connectivity index (χ1n) is 6.01. The van der Waals surface area contributed by atoms with Crippen molar-refractivity contribution in [2.45, 2.75) is 45.3 Å². The monoisotopic (exact) mass is 232 g/mol. The number of rotatable bonds is 6. The summed E-state index contributed by atoms with van der Waals surface area (Å²) in [5.74, 6) is 3.41. The fourth-order valence-electron chi connectivity index (χ4n) is 1.60. The van der Waals surface area contributed by atoms with Crippen LogP contribution in [0.4, 0.5) is 0 Å². The number of benzene rings is 1. The Balaban J connectivity index is 2.52. The van der Waals surface area contributed by atoms with Crippen LogP contribution in [0.1, 0.15) is 44.8 Å². The normalized spacial score (nSPS) is 12.2. The minimum atomic E-state index is -0.434. The van der Waals surface area contributed by atoms with Crippen LogP contribution in [0, 0.1) is 12.3 Å². The van der Waals surface area contributed by atoms with Crippen molar-refractivity contribution in [1.29, 1.82) is 0 Å². The molecule has 0 aliphatic carbocycles. The minimum absolute atomic E-state index is 0.168. The molecule has 0 heterocycles. The summed E-state index contributed by atoms with van der Waals surface area (Å²) in [4.78, 5) is 0. The zero-order valence-corrected chi connectivity index (χ0v) is 10.5. The van der Waals surface area contributed by atoms with Gasteiger partial charge >= 0.3 is 0 Å². The summed E-state index contributed by atoms with van der Waals surface area (Å²) in [6, 6.07) is 7.58. The molecule has 0 aliphatic rings. The Labute approximate surface area is 104 Å². The molecule has 17 heavy (non-hydrogen) atoms. The van der Waals surface area contributed by atoms with Crippen molar-refractivity contribution in [1.82, 2.24) is 0 Å². The molecule has 1 rings (SSSR count). The number of aliphatic hydroxyl groups is 1. The van der Waals surface area contributed by atoms with Gasteiger partial charge in [-0.3, -0.25) is 0 Å². The van der Waals surface area contributed by atoms with Crippen LogP contribution in [-0.2, 0) is 0 Å². The van der Waals surface area contributed by atoms with E-state index in [9.17, 15) is 5.11 Å². The Kier molecular flexibility index (Phi) is 5.59. The summed E-state index contributed by atoms with van der Waals surface area (Å²) >= 11 is 0. The lowest BCUT2D eigenvalue weighted by Gasteiger charge is -2.13. The molecular formula is C15H20O2. The minimum Gasteiger partial charge on any atom is -0.491 e. The number of unbranched alkanes of at least 4 members (excludes halogenated alkanes) is 1. The summed E-state index contributed by atoms with van der Waals surface area (Å²) < 4.78 is 5.54. The van der Waals surface area contributed by atoms with Gasteiger partial charge in [0.2, 0.25) is 0 Å². The number of ether oxygens (including phenoxy) is 1. The fraction of sp³-hybridized carbons (Fsp3) is 0.467. The van der Waals surface area contributed by atoms with Crippen LogP contribution in [0.3, 0.4) is 0 Å². The largest absolute Gasteiger partial charge is 0.491 e. The molecule has 1 aromatic rings. The van der Waals surface area contributed by atoms with Crippen LogP contribution in [-0.4, -0.2) is 11.2 Å². The standard InChI is InChI=1S/C15H20O2/c1-4-5-6-7-15(16)13-8-10-14(11-9-13)17-12(2)3/h1,8-12,15-16H,5-7H2,2-3H3. The van der Waals surface area contributed by atoms with Crippen LogP contribution in [0.5, 0.6) is 5.75 Å². The van der Waals surface area contributed by atoms with E-state index in [0.717, 1.165) is 17.7 Å². The van der Waals surface area contributed by atoms with E-state index in [2.05, 4.69) is 5.92 Å². The van der Waals surface area contributed by atoms with E-state index < -0.39 is 6.10 Å². The van der Waals surface area contributed by atoms with Crippen LogP contribution in [0.2, 0.25) is 0 Å². The van der Waals surface area contributed by atoms with Crippen LogP contribution in [0.15, 0.2) is 24.3 Å². The molecule has 2 nitrogen and oxygen atoms in total. The number of terminal acetylenes is 1. The van der Waals surface area contributed by atoms with Gasteiger partial charge in [-0.1, -0.05) is 12.1 Å². The van der Waals surface area contributed by atoms with Gasteiger partial charge in [-0.15, -0.1) is 12.3 Å². The highest BCUT2D eigenvalue weighted by atomic mass is 16.5. The van der Waals surface area contributed by atoms with Crippen molar-refractivity contribution in [3.8, 4) is 18.1 Å². The highest BCUT2D eigenvalue weighted by Gasteiger charge is 2.07. The highest BCUT2D eigenvalue weighted by molar-refractivity contribution is 5.28. The first kappa shape index (κ1) is 13.6. The number of aliphatic hydroxyl groups excluding tert-OH is 1. The molecule has 1 aromatic carbocycles. The fourth-order valence-corrected chi connectivity index (χ4v) is 1.60. The first-order valence-corrected chi connectivity index (χ1v) is 6.01. The summed E-state index contributed by atoms with van der Waals surface area (Å²) in [6.07, 6.45) is 7.17. The Hall–Kier alpha value is -1.46. The quantitative estimate of drug-likeness (QED) is 0.602. The Morgan fingerprint density at radius 2 is 1.94 bits per heavy atom. The van der Waals surface area contributed by atoms with Crippen molar-refractivity contribution in [2.24, 2.45) is 0 Å². The molecule has 0 spiro atoms. The second kappa shape index (κ2) is 6.98. The van der Waals surface area contributed by atoms with Crippen LogP contribution in [0.25, 0.3) is 0 Å². The van der Waals surface area contributed by atoms with Crippen molar-refractivity contribution in [3.05, 3.63) is 29.8 Å². The van der Waals surface area contributed by atoms with Gasteiger partial charge in [0.15, 0.2) is 0 Å². The summed E-state index contributed by atoms with van der Waals surface area (Å²) in [5.41, 5.74) is 0.915. The molecule has 0 saturated carbocycles. The molecule has 2 heteroatoms. The van der Waals surface area contributed by atoms with Gasteiger partial charge in [0.1, 0.15) is 5.75 Å². The van der Waals surface area contributed by atoms with Gasteiger partial charge < -0.3 is 9.84 Å². The third-order valence-corrected chi connectivity index (χ3v) is 2.44. The Morgan fingerprint density at radius 3 is 2.47 bits per heavy atom. The Bertz CT molecular complexity index is 360. The molecule has 0 aliphatic heterocycles. The SMILES string of the molecule is C#CCCCC(O)c1ccc(OC(C)C)cc1. The molecule has 92 valence electrons. The van der Waals surface area contributed by atoms with Gasteiger partial charge in [-0.25, -0.2) is 0 Å². The predicted molar refractivity (Wildman–Crippen MR) is 69.8 cm³/mol. The van der Waals surface area contributed by atoms with E-state index in [-0.39, 0.29) is 6.10 Å². The third-order valence-electron chi connectivity index (χ3n) is 2.44. The lowest BCUT2D eigenvalue weighted by Crippen LogP contribution is -2.05. The van der Waals surface area contributed by atoms with E-state index in [1.165, 1.54) is 0 Å². The topological polar surface area (TPSA) is 29.5 Å². The van der Waals surface area contributed by atoms with E-state index in [0.29, 0.717) is 12.8 Å². The van der Waals surface area contributed by atoms with Gasteiger partial charge in [-0.05, 0) is 44.4 Å². The van der Waals surface area contributed by atoms with Gasteiger partial charge in [0, 0.05) is 6.42 Å². The maximum absolute atomic E-state index is 9.91. The van der Waals surface area contributed by atoms with Gasteiger partial charge in [-0.2, -0.15) is 0 Å². The maximum atomic E-state index is 9.91. The number of hydrogen-bond acceptors (Lipinski definition) is 2. The van der Waals surface area contributed by atoms with Crippen molar-refractivity contribution in [2.75, 3.05) is 0 Å². The smallest absolute Gasteiger partial charge is 0.119 e. The van der Waals surface area contributed by atoms with Crippen LogP contribution >= 0.6 is 0 Å². The molecule has 0 fully saturated rings. The first-order chi connectivity index (χ1) is 8.13. The van der Waals surface area contributed by atoms with Crippen molar-refractivity contribution >= 4 is 0 Å². The average molecular weight is 232 g/mol. The molecular weight excluding hydrogens is 212 g/mol. The Morgan fingerprint density at radius 1 is 1.29 bits per heavy atom. The second-order valence-corrected chi connectivity index (χ2v) is 4.35. The molecule has 0 amide bonds. The van der Waals surface area contributed by atoms with Crippen LogP contribution < -0.4 is 4.74 Å². The molecule has 0 bridgehead atoms. The molecule has 1 atom stereocenters. The van der Waals surface area contributed by atoms with Gasteiger partial charge in [0.25, 0.3) is 0 Å². The summed E-state index contributed by atoms with van der Waals surface area (Å²) in [7, 11) is 0. The molecule has 1 N–H and O–H groups in total. The van der Waals surface area contributed by atoms with E-state index in [1.54, 1.807) is 0 Å². The van der Waals surface area contributed by atoms with E-state index in [4.69, 9.17) is 11.2 Å². The molecule has 1 unspecified atom stereocenters. The van der Waals surface area contributed by atoms with Crippen molar-refractivity contribution < 1.29 is 9.84 Å². The van der Waals surface area contributed by atoms with Gasteiger partial charge in [0.05, 0.1) is 12.2 Å². The van der Waals surface area contributed by atoms with E-state index >= 15 is 0 Å².